The van der Waals surface area contributed by atoms with Gasteiger partial charge in [0.25, 0.3) is 0 Å². The van der Waals surface area contributed by atoms with Gasteiger partial charge < -0.3 is 25.8 Å². The van der Waals surface area contributed by atoms with E-state index >= 15 is 0 Å². The predicted molar refractivity (Wildman–Crippen MR) is 220 cm³/mol. The Labute approximate surface area is 329 Å². The van der Waals surface area contributed by atoms with Crippen LogP contribution in [0.15, 0.2) is 91.0 Å². The molecule has 7 heteroatoms. The molecule has 1 heterocycles. The monoisotopic (exact) mass is 762 g/mol. The van der Waals surface area contributed by atoms with Gasteiger partial charge in [-0.05, 0) is 55.3 Å². The zero-order valence-corrected chi connectivity index (χ0v) is 36.0. The van der Waals surface area contributed by atoms with Gasteiger partial charge in [-0.2, -0.15) is 42.3 Å². The second-order valence-corrected chi connectivity index (χ2v) is 13.2. The molecular formula is C44H60N6Zr-. The summed E-state index contributed by atoms with van der Waals surface area (Å²) < 4.78 is 2.28. The van der Waals surface area contributed by atoms with Crippen LogP contribution in [-0.4, -0.2) is 51.8 Å². The van der Waals surface area contributed by atoms with Crippen molar-refractivity contribution in [1.82, 2.24) is 9.55 Å². The second-order valence-electron chi connectivity index (χ2n) is 13.2. The summed E-state index contributed by atoms with van der Waals surface area (Å²) in [5.74, 6) is 1.66. The minimum Gasteiger partial charge on any atom is -0.671 e. The van der Waals surface area contributed by atoms with Crippen LogP contribution < -0.4 is 0 Å². The first-order valence-corrected chi connectivity index (χ1v) is 17.4. The molecule has 0 aliphatic carbocycles. The van der Waals surface area contributed by atoms with Gasteiger partial charge in [-0.15, -0.1) is 5.69 Å². The maximum Gasteiger partial charge on any atom is 3.00 e. The smallest absolute Gasteiger partial charge is 0.671 e. The first-order chi connectivity index (χ1) is 23.9. The van der Waals surface area contributed by atoms with Gasteiger partial charge in [0, 0.05) is 18.2 Å². The Morgan fingerprint density at radius 1 is 0.588 bits per heavy atom. The van der Waals surface area contributed by atoms with Crippen LogP contribution in [0.2, 0.25) is 0 Å². The fourth-order valence-electron chi connectivity index (χ4n) is 6.15. The molecule has 51 heavy (non-hydrogen) atoms. The number of nitrogens with zero attached hydrogens (tertiary/aromatic N) is 6. The Morgan fingerprint density at radius 3 is 1.41 bits per heavy atom. The summed E-state index contributed by atoms with van der Waals surface area (Å²) in [7, 11) is 12.6. The molecule has 1 aromatic heterocycles. The van der Waals surface area contributed by atoms with Crippen LogP contribution in [0.25, 0.3) is 43.8 Å². The molecule has 4 aromatic carbocycles. The van der Waals surface area contributed by atoms with Crippen LogP contribution in [0.4, 0.5) is 5.69 Å². The Hall–Kier alpha value is -3.35. The van der Waals surface area contributed by atoms with E-state index in [0.717, 1.165) is 34.0 Å². The van der Waals surface area contributed by atoms with E-state index in [9.17, 15) is 0 Å². The molecule has 1 atom stereocenters. The van der Waals surface area contributed by atoms with Crippen molar-refractivity contribution in [1.29, 1.82) is 0 Å². The summed E-state index contributed by atoms with van der Waals surface area (Å²) in [5.41, 5.74) is 13.0. The molecule has 0 aliphatic rings. The maximum absolute atomic E-state index is 5.71. The quantitative estimate of drug-likeness (QED) is 0.155. The van der Waals surface area contributed by atoms with Crippen molar-refractivity contribution in [2.45, 2.75) is 66.3 Å². The molecule has 271 valence electrons. The summed E-state index contributed by atoms with van der Waals surface area (Å²) in [6.07, 6.45) is 0. The molecule has 5 rings (SSSR count). The third kappa shape index (κ3) is 12.4. The molecule has 0 aliphatic heterocycles. The predicted octanol–water partition coefficient (Wildman–Crippen LogP) is 12.6. The van der Waals surface area contributed by atoms with Gasteiger partial charge in [0.1, 0.15) is 0 Å². The molecule has 1 radical (unpaired) electrons. The van der Waals surface area contributed by atoms with Crippen LogP contribution in [0.3, 0.4) is 0 Å². The van der Waals surface area contributed by atoms with E-state index in [2.05, 4.69) is 167 Å². The largest absolute Gasteiger partial charge is 3.00 e. The molecule has 0 saturated heterocycles. The minimum absolute atomic E-state index is 0. The first kappa shape index (κ1) is 45.7. The number of para-hydroxylation sites is 1. The topological polar surface area (TPSA) is 74.2 Å². The van der Waals surface area contributed by atoms with Crippen molar-refractivity contribution >= 4 is 5.69 Å². The SMILES string of the molecule is C[N-]C.C[N-]C.C[N-]C.Cc1cc(C)c(C([N-]c2c(C(C)C)cccc2C(C)C)c2nc(-c3ccccc3)c(-c3ccccc3)n2C)c(C)c1.[Zr+3]. The standard InChI is InChI=1S/C38H42N3.3C2H6N.Zr/c1-24(2)31-20-15-21-32(25(3)4)35(31)39-36(33-27(6)22-26(5)23-28(33)7)38-40-34(29-16-11-9-12-17-29)37(41(38)8)30-18-13-10-14-19-30;3*1-3-2;/h9-25,36H,1-8H3;3*1-2H3;/q4*-1;+3. The second kappa shape index (κ2) is 23.3. The van der Waals surface area contributed by atoms with Gasteiger partial charge in [-0.1, -0.05) is 135 Å². The van der Waals surface area contributed by atoms with E-state index in [0.29, 0.717) is 11.8 Å². The van der Waals surface area contributed by atoms with E-state index in [1.54, 1.807) is 42.3 Å². The van der Waals surface area contributed by atoms with Gasteiger partial charge in [-0.3, -0.25) is 0 Å². The Morgan fingerprint density at radius 2 is 1.00 bits per heavy atom. The van der Waals surface area contributed by atoms with Crippen molar-refractivity contribution in [3.05, 3.63) is 151 Å². The van der Waals surface area contributed by atoms with Crippen molar-refractivity contribution in [3.8, 4) is 22.5 Å². The summed E-state index contributed by atoms with van der Waals surface area (Å²) >= 11 is 0. The molecule has 0 saturated carbocycles. The minimum atomic E-state index is -0.266. The fourth-order valence-corrected chi connectivity index (χ4v) is 6.15. The normalized spacial score (nSPS) is 10.9. The van der Waals surface area contributed by atoms with Gasteiger partial charge in [-0.25, -0.2) is 4.98 Å². The fraction of sp³-hybridized carbons (Fsp3) is 0.386. The van der Waals surface area contributed by atoms with E-state index in [1.165, 1.54) is 33.4 Å². The van der Waals surface area contributed by atoms with Crippen molar-refractivity contribution in [3.63, 3.8) is 0 Å². The first-order valence-electron chi connectivity index (χ1n) is 17.4. The molecule has 0 fully saturated rings. The van der Waals surface area contributed by atoms with Crippen LogP contribution in [0.5, 0.6) is 0 Å². The van der Waals surface area contributed by atoms with Crippen molar-refractivity contribution in [2.24, 2.45) is 7.05 Å². The zero-order chi connectivity index (χ0) is 37.4. The number of benzene rings is 4. The van der Waals surface area contributed by atoms with Gasteiger partial charge in [0.2, 0.25) is 0 Å². The van der Waals surface area contributed by atoms with Crippen LogP contribution in [0.1, 0.15) is 84.8 Å². The van der Waals surface area contributed by atoms with Crippen molar-refractivity contribution < 1.29 is 26.2 Å². The van der Waals surface area contributed by atoms with E-state index in [4.69, 9.17) is 10.3 Å². The zero-order valence-electron chi connectivity index (χ0n) is 33.6. The van der Waals surface area contributed by atoms with Crippen molar-refractivity contribution in [2.75, 3.05) is 42.3 Å². The number of imidazole rings is 1. The molecule has 0 spiro atoms. The summed E-state index contributed by atoms with van der Waals surface area (Å²) in [6.45, 7) is 15.6. The van der Waals surface area contributed by atoms with E-state index < -0.39 is 0 Å². The molecule has 0 bridgehead atoms. The number of rotatable bonds is 8. The summed E-state index contributed by atoms with van der Waals surface area (Å²) in [4.78, 5) is 5.45. The summed E-state index contributed by atoms with van der Waals surface area (Å²) in [6, 6.07) is 32.1. The molecule has 0 N–H and O–H groups in total. The van der Waals surface area contributed by atoms with Crippen LogP contribution in [-0.2, 0) is 33.3 Å². The van der Waals surface area contributed by atoms with Crippen LogP contribution in [0, 0.1) is 20.8 Å². The average molecular weight is 764 g/mol. The third-order valence-electron chi connectivity index (χ3n) is 8.08. The molecule has 1 unspecified atom stereocenters. The molecular weight excluding hydrogens is 704 g/mol. The Kier molecular flexibility index (Phi) is 20.8. The van der Waals surface area contributed by atoms with E-state index in [1.807, 2.05) is 0 Å². The van der Waals surface area contributed by atoms with Gasteiger partial charge >= 0.3 is 26.2 Å². The van der Waals surface area contributed by atoms with Crippen LogP contribution >= 0.6 is 0 Å². The Bertz CT molecular complexity index is 1660. The Balaban J connectivity index is 0.00000118. The number of aromatic nitrogens is 2. The number of aryl methyl sites for hydroxylation is 3. The number of hydrogen-bond acceptors (Lipinski definition) is 1. The number of hydrogen-bond donors (Lipinski definition) is 0. The van der Waals surface area contributed by atoms with E-state index in [-0.39, 0.29) is 32.2 Å². The van der Waals surface area contributed by atoms with Gasteiger partial charge in [0.05, 0.1) is 17.2 Å². The molecule has 5 aromatic rings. The molecule has 6 nitrogen and oxygen atoms in total. The van der Waals surface area contributed by atoms with Gasteiger partial charge in [0.15, 0.2) is 0 Å². The maximum atomic E-state index is 5.71. The average Bonchev–Trinajstić information content (AvgIpc) is 3.42. The third-order valence-corrected chi connectivity index (χ3v) is 8.08. The molecule has 0 amide bonds. The summed E-state index contributed by atoms with van der Waals surface area (Å²) in [5, 5.41) is 16.2.